The fraction of sp³-hybridized carbons (Fsp3) is 0.471. The zero-order valence-corrected chi connectivity index (χ0v) is 12.1. The van der Waals surface area contributed by atoms with Gasteiger partial charge in [0.05, 0.1) is 0 Å². The van der Waals surface area contributed by atoms with Crippen LogP contribution in [0.4, 0.5) is 11.4 Å². The molecule has 1 aromatic carbocycles. The first kappa shape index (κ1) is 13.2. The standard InChI is InChI=1S/C17H23N3/c1-12-4-2-3-5-13(12)10-20-17-7-6-16(18)15-11-19-9-8-14(15)17/h6-9,11-13,20H,2-5,10,18H2,1H3. The number of rotatable bonds is 3. The Morgan fingerprint density at radius 3 is 2.90 bits per heavy atom. The van der Waals surface area contributed by atoms with Crippen molar-refractivity contribution in [2.75, 3.05) is 17.6 Å². The van der Waals surface area contributed by atoms with Crippen molar-refractivity contribution in [2.24, 2.45) is 11.8 Å². The topological polar surface area (TPSA) is 50.9 Å². The molecule has 2 aromatic rings. The van der Waals surface area contributed by atoms with Gasteiger partial charge in [0.2, 0.25) is 0 Å². The molecule has 3 rings (SSSR count). The van der Waals surface area contributed by atoms with Crippen molar-refractivity contribution in [2.45, 2.75) is 32.6 Å². The molecule has 20 heavy (non-hydrogen) atoms. The summed E-state index contributed by atoms with van der Waals surface area (Å²) in [4.78, 5) is 4.17. The number of nitrogens with one attached hydrogen (secondary N) is 1. The van der Waals surface area contributed by atoms with Gasteiger partial charge in [-0.2, -0.15) is 0 Å². The molecule has 3 N–H and O–H groups in total. The smallest absolute Gasteiger partial charge is 0.0422 e. The van der Waals surface area contributed by atoms with E-state index in [-0.39, 0.29) is 0 Å². The van der Waals surface area contributed by atoms with Crippen LogP contribution in [-0.4, -0.2) is 11.5 Å². The normalized spacial score (nSPS) is 22.9. The third kappa shape index (κ3) is 2.58. The summed E-state index contributed by atoms with van der Waals surface area (Å²) in [7, 11) is 0. The number of hydrogen-bond acceptors (Lipinski definition) is 3. The minimum absolute atomic E-state index is 0.790. The number of aromatic nitrogens is 1. The Morgan fingerprint density at radius 2 is 2.05 bits per heavy atom. The second kappa shape index (κ2) is 5.70. The van der Waals surface area contributed by atoms with E-state index in [1.807, 2.05) is 24.5 Å². The molecule has 2 unspecified atom stereocenters. The Labute approximate surface area is 120 Å². The van der Waals surface area contributed by atoms with E-state index in [4.69, 9.17) is 5.73 Å². The fourth-order valence-corrected chi connectivity index (χ4v) is 3.30. The van der Waals surface area contributed by atoms with Crippen molar-refractivity contribution < 1.29 is 0 Å². The van der Waals surface area contributed by atoms with Crippen molar-refractivity contribution in [1.82, 2.24) is 4.98 Å². The molecule has 0 bridgehead atoms. The molecule has 1 heterocycles. The van der Waals surface area contributed by atoms with Gasteiger partial charge in [-0.05, 0) is 36.5 Å². The van der Waals surface area contributed by atoms with Crippen LogP contribution in [0.3, 0.4) is 0 Å². The largest absolute Gasteiger partial charge is 0.398 e. The second-order valence-electron chi connectivity index (χ2n) is 6.03. The van der Waals surface area contributed by atoms with E-state index < -0.39 is 0 Å². The van der Waals surface area contributed by atoms with Gasteiger partial charge in [0.25, 0.3) is 0 Å². The van der Waals surface area contributed by atoms with Crippen LogP contribution in [0.15, 0.2) is 30.6 Å². The van der Waals surface area contributed by atoms with E-state index >= 15 is 0 Å². The van der Waals surface area contributed by atoms with Gasteiger partial charge < -0.3 is 11.1 Å². The summed E-state index contributed by atoms with van der Waals surface area (Å²) in [5, 5.41) is 5.84. The molecule has 2 atom stereocenters. The highest BCUT2D eigenvalue weighted by atomic mass is 14.9. The second-order valence-corrected chi connectivity index (χ2v) is 6.03. The van der Waals surface area contributed by atoms with Crippen LogP contribution >= 0.6 is 0 Å². The van der Waals surface area contributed by atoms with E-state index in [9.17, 15) is 0 Å². The molecule has 1 fully saturated rings. The van der Waals surface area contributed by atoms with Crippen LogP contribution in [-0.2, 0) is 0 Å². The van der Waals surface area contributed by atoms with Crippen molar-refractivity contribution in [3.63, 3.8) is 0 Å². The summed E-state index contributed by atoms with van der Waals surface area (Å²) in [5.74, 6) is 1.62. The van der Waals surface area contributed by atoms with E-state index in [0.717, 1.165) is 29.5 Å². The lowest BCUT2D eigenvalue weighted by molar-refractivity contribution is 0.269. The summed E-state index contributed by atoms with van der Waals surface area (Å²) in [6.07, 6.45) is 9.17. The van der Waals surface area contributed by atoms with Crippen LogP contribution in [0, 0.1) is 11.8 Å². The number of pyridine rings is 1. The Kier molecular flexibility index (Phi) is 3.77. The van der Waals surface area contributed by atoms with Gasteiger partial charge in [0.1, 0.15) is 0 Å². The van der Waals surface area contributed by atoms with Gasteiger partial charge in [-0.1, -0.05) is 26.2 Å². The lowest BCUT2D eigenvalue weighted by Crippen LogP contribution is -2.24. The maximum absolute atomic E-state index is 6.02. The molecule has 3 heteroatoms. The predicted octanol–water partition coefficient (Wildman–Crippen LogP) is 4.06. The lowest BCUT2D eigenvalue weighted by atomic mass is 9.80. The van der Waals surface area contributed by atoms with Crippen molar-refractivity contribution in [1.29, 1.82) is 0 Å². The number of nitrogen functional groups attached to an aromatic ring is 1. The van der Waals surface area contributed by atoms with Gasteiger partial charge in [-0.15, -0.1) is 0 Å². The number of hydrogen-bond donors (Lipinski definition) is 2. The van der Waals surface area contributed by atoms with E-state index in [0.29, 0.717) is 0 Å². The van der Waals surface area contributed by atoms with Crippen molar-refractivity contribution in [3.05, 3.63) is 30.6 Å². The minimum Gasteiger partial charge on any atom is -0.398 e. The van der Waals surface area contributed by atoms with Crippen LogP contribution < -0.4 is 11.1 Å². The molecule has 0 radical (unpaired) electrons. The summed E-state index contributed by atoms with van der Waals surface area (Å²) < 4.78 is 0. The van der Waals surface area contributed by atoms with E-state index in [2.05, 4.69) is 23.3 Å². The van der Waals surface area contributed by atoms with Gasteiger partial charge in [0, 0.05) is 41.1 Å². The Balaban J connectivity index is 1.79. The molecular weight excluding hydrogens is 246 g/mol. The molecule has 0 spiro atoms. The zero-order chi connectivity index (χ0) is 13.9. The summed E-state index contributed by atoms with van der Waals surface area (Å²) >= 11 is 0. The number of nitrogens with zero attached hydrogens (tertiary/aromatic N) is 1. The van der Waals surface area contributed by atoms with Crippen LogP contribution in [0.2, 0.25) is 0 Å². The molecule has 1 aromatic heterocycles. The Bertz CT molecular complexity index is 594. The first-order valence-electron chi connectivity index (χ1n) is 7.62. The molecule has 1 saturated carbocycles. The molecule has 106 valence electrons. The number of fused-ring (bicyclic) bond motifs is 1. The van der Waals surface area contributed by atoms with E-state index in [1.165, 1.54) is 36.8 Å². The molecule has 0 saturated heterocycles. The predicted molar refractivity (Wildman–Crippen MR) is 85.8 cm³/mol. The molecule has 0 amide bonds. The molecular formula is C17H23N3. The fourth-order valence-electron chi connectivity index (χ4n) is 3.30. The van der Waals surface area contributed by atoms with Crippen LogP contribution in [0.25, 0.3) is 10.8 Å². The lowest BCUT2D eigenvalue weighted by Gasteiger charge is -2.29. The highest BCUT2D eigenvalue weighted by Crippen LogP contribution is 2.31. The highest BCUT2D eigenvalue weighted by Gasteiger charge is 2.21. The van der Waals surface area contributed by atoms with Crippen molar-refractivity contribution in [3.8, 4) is 0 Å². The maximum Gasteiger partial charge on any atom is 0.0422 e. The Hall–Kier alpha value is -1.77. The summed E-state index contributed by atoms with van der Waals surface area (Å²) in [5.41, 5.74) is 7.99. The van der Waals surface area contributed by atoms with Crippen molar-refractivity contribution >= 4 is 22.1 Å². The molecule has 3 nitrogen and oxygen atoms in total. The number of anilines is 2. The highest BCUT2D eigenvalue weighted by molar-refractivity contribution is 6.00. The quantitative estimate of drug-likeness (QED) is 0.826. The van der Waals surface area contributed by atoms with Gasteiger partial charge in [-0.25, -0.2) is 0 Å². The van der Waals surface area contributed by atoms with E-state index in [1.54, 1.807) is 0 Å². The average Bonchev–Trinajstić information content (AvgIpc) is 2.48. The van der Waals surface area contributed by atoms with Gasteiger partial charge in [-0.3, -0.25) is 4.98 Å². The minimum atomic E-state index is 0.790. The maximum atomic E-state index is 6.02. The molecule has 1 aliphatic rings. The first-order chi connectivity index (χ1) is 9.75. The SMILES string of the molecule is CC1CCCCC1CNc1ccc(N)c2cnccc12. The van der Waals surface area contributed by atoms with Gasteiger partial charge >= 0.3 is 0 Å². The summed E-state index contributed by atoms with van der Waals surface area (Å²) in [6, 6.07) is 6.10. The molecule has 1 aliphatic carbocycles. The zero-order valence-electron chi connectivity index (χ0n) is 12.1. The van der Waals surface area contributed by atoms with Gasteiger partial charge in [0.15, 0.2) is 0 Å². The third-order valence-electron chi connectivity index (χ3n) is 4.70. The number of benzene rings is 1. The van der Waals surface area contributed by atoms with Crippen LogP contribution in [0.1, 0.15) is 32.6 Å². The molecule has 0 aliphatic heterocycles. The monoisotopic (exact) mass is 269 g/mol. The number of nitrogens with two attached hydrogens (primary N) is 1. The third-order valence-corrected chi connectivity index (χ3v) is 4.70. The first-order valence-corrected chi connectivity index (χ1v) is 7.62. The average molecular weight is 269 g/mol. The summed E-state index contributed by atoms with van der Waals surface area (Å²) in [6.45, 7) is 3.44. The van der Waals surface area contributed by atoms with Crippen LogP contribution in [0.5, 0.6) is 0 Å². The Morgan fingerprint density at radius 1 is 1.20 bits per heavy atom.